The van der Waals surface area contributed by atoms with Crippen LogP contribution in [-0.4, -0.2) is 19.1 Å². The van der Waals surface area contributed by atoms with E-state index in [1.165, 1.54) is 0 Å². The minimum absolute atomic E-state index is 0.00710. The molecule has 0 aromatic heterocycles. The molecule has 1 aromatic carbocycles. The molecule has 0 saturated heterocycles. The number of methoxy groups -OCH3 is 1. The Labute approximate surface area is 88.4 Å². The predicted octanol–water partition coefficient (Wildman–Crippen LogP) is 0.981. The van der Waals surface area contributed by atoms with Gasteiger partial charge in [-0.15, -0.1) is 0 Å². The fourth-order valence-electron chi connectivity index (χ4n) is 1.43. The Morgan fingerprint density at radius 1 is 1.47 bits per heavy atom. The molecule has 0 heterocycles. The van der Waals surface area contributed by atoms with Crippen molar-refractivity contribution in [3.63, 3.8) is 0 Å². The maximum atomic E-state index is 11.5. The fourth-order valence-corrected chi connectivity index (χ4v) is 1.43. The van der Waals surface area contributed by atoms with E-state index < -0.39 is 0 Å². The average Bonchev–Trinajstić information content (AvgIpc) is 2.97. The first-order chi connectivity index (χ1) is 7.20. The van der Waals surface area contributed by atoms with E-state index in [9.17, 15) is 4.79 Å². The van der Waals surface area contributed by atoms with Gasteiger partial charge >= 0.3 is 0 Å². The van der Waals surface area contributed by atoms with Crippen LogP contribution in [0.2, 0.25) is 0 Å². The largest absolute Gasteiger partial charge is 0.497 e. The number of amides is 1. The Morgan fingerprint density at radius 3 is 2.53 bits per heavy atom. The monoisotopic (exact) mass is 206 g/mol. The lowest BCUT2D eigenvalue weighted by molar-refractivity contribution is -0.117. The fraction of sp³-hybridized carbons (Fsp3) is 0.364. The lowest BCUT2D eigenvalue weighted by Gasteiger charge is -2.05. The zero-order chi connectivity index (χ0) is 10.8. The third kappa shape index (κ3) is 2.27. The molecule has 80 valence electrons. The molecule has 0 aliphatic heterocycles. The summed E-state index contributed by atoms with van der Waals surface area (Å²) in [5.74, 6) is 0.774. The SMILES string of the molecule is COc1ccc(NC(=O)C2CC2N)cc1. The summed E-state index contributed by atoms with van der Waals surface area (Å²) in [5.41, 5.74) is 6.36. The average molecular weight is 206 g/mol. The Bertz CT molecular complexity index is 361. The van der Waals surface area contributed by atoms with Crippen molar-refractivity contribution in [1.82, 2.24) is 0 Å². The number of rotatable bonds is 3. The number of ether oxygens (including phenoxy) is 1. The summed E-state index contributed by atoms with van der Waals surface area (Å²) in [4.78, 5) is 11.5. The Balaban J connectivity index is 1.95. The van der Waals surface area contributed by atoms with Crippen LogP contribution in [0.1, 0.15) is 6.42 Å². The van der Waals surface area contributed by atoms with Gasteiger partial charge in [-0.25, -0.2) is 0 Å². The number of nitrogens with two attached hydrogens (primary N) is 1. The summed E-state index contributed by atoms with van der Waals surface area (Å²) in [6.45, 7) is 0. The first-order valence-corrected chi connectivity index (χ1v) is 4.91. The third-order valence-electron chi connectivity index (χ3n) is 2.53. The number of carbonyl (C=O) groups excluding carboxylic acids is 1. The highest BCUT2D eigenvalue weighted by Gasteiger charge is 2.39. The molecule has 0 spiro atoms. The highest BCUT2D eigenvalue weighted by molar-refractivity contribution is 5.94. The van der Waals surface area contributed by atoms with Crippen molar-refractivity contribution in [2.24, 2.45) is 11.7 Å². The number of benzene rings is 1. The zero-order valence-corrected chi connectivity index (χ0v) is 8.57. The van der Waals surface area contributed by atoms with E-state index in [1.807, 2.05) is 24.3 Å². The first-order valence-electron chi connectivity index (χ1n) is 4.91. The van der Waals surface area contributed by atoms with Gasteiger partial charge in [0.05, 0.1) is 13.0 Å². The molecule has 1 amide bonds. The topological polar surface area (TPSA) is 64.3 Å². The maximum absolute atomic E-state index is 11.5. The van der Waals surface area contributed by atoms with E-state index >= 15 is 0 Å². The van der Waals surface area contributed by atoms with Crippen LogP contribution < -0.4 is 15.8 Å². The molecule has 1 fully saturated rings. The highest BCUT2D eigenvalue weighted by atomic mass is 16.5. The standard InChI is InChI=1S/C11H14N2O2/c1-15-8-4-2-7(3-5-8)13-11(14)9-6-10(9)12/h2-5,9-10H,6,12H2,1H3,(H,13,14). The van der Waals surface area contributed by atoms with Crippen molar-refractivity contribution < 1.29 is 9.53 Å². The number of hydrogen-bond donors (Lipinski definition) is 2. The second-order valence-corrected chi connectivity index (χ2v) is 3.72. The molecule has 1 aliphatic rings. The second kappa shape index (κ2) is 3.90. The molecule has 2 atom stereocenters. The van der Waals surface area contributed by atoms with Gasteiger partial charge in [0.25, 0.3) is 0 Å². The second-order valence-electron chi connectivity index (χ2n) is 3.72. The summed E-state index contributed by atoms with van der Waals surface area (Å²) in [7, 11) is 1.61. The van der Waals surface area contributed by atoms with E-state index in [0.29, 0.717) is 0 Å². The smallest absolute Gasteiger partial charge is 0.229 e. The van der Waals surface area contributed by atoms with Crippen LogP contribution in [0.4, 0.5) is 5.69 Å². The third-order valence-corrected chi connectivity index (χ3v) is 2.53. The highest BCUT2D eigenvalue weighted by Crippen LogP contribution is 2.29. The zero-order valence-electron chi connectivity index (χ0n) is 8.57. The molecule has 15 heavy (non-hydrogen) atoms. The van der Waals surface area contributed by atoms with Gasteiger partial charge in [0.15, 0.2) is 0 Å². The Kier molecular flexibility index (Phi) is 2.60. The van der Waals surface area contributed by atoms with Crippen molar-refractivity contribution >= 4 is 11.6 Å². The molecule has 1 aliphatic carbocycles. The van der Waals surface area contributed by atoms with Crippen molar-refractivity contribution in [3.05, 3.63) is 24.3 Å². The van der Waals surface area contributed by atoms with Crippen LogP contribution in [-0.2, 0) is 4.79 Å². The molecule has 3 N–H and O–H groups in total. The van der Waals surface area contributed by atoms with E-state index in [0.717, 1.165) is 17.9 Å². The van der Waals surface area contributed by atoms with E-state index in [4.69, 9.17) is 10.5 Å². The number of nitrogens with one attached hydrogen (secondary N) is 1. The summed E-state index contributed by atoms with van der Waals surface area (Å²) in [6, 6.07) is 7.28. The van der Waals surface area contributed by atoms with E-state index in [2.05, 4.69) is 5.32 Å². The van der Waals surface area contributed by atoms with Gasteiger partial charge in [-0.05, 0) is 30.7 Å². The number of anilines is 1. The lowest BCUT2D eigenvalue weighted by atomic mass is 10.3. The van der Waals surface area contributed by atoms with Gasteiger partial charge in [0.1, 0.15) is 5.75 Å². The Hall–Kier alpha value is -1.55. The van der Waals surface area contributed by atoms with Crippen LogP contribution in [0, 0.1) is 5.92 Å². The molecule has 0 bridgehead atoms. The van der Waals surface area contributed by atoms with Gasteiger partial charge in [0.2, 0.25) is 5.91 Å². The molecule has 1 aromatic rings. The van der Waals surface area contributed by atoms with Crippen molar-refractivity contribution in [1.29, 1.82) is 0 Å². The Morgan fingerprint density at radius 2 is 2.07 bits per heavy atom. The summed E-state index contributed by atoms with van der Waals surface area (Å²) in [5, 5.41) is 2.81. The molecular weight excluding hydrogens is 192 g/mol. The van der Waals surface area contributed by atoms with E-state index in [1.54, 1.807) is 7.11 Å². The van der Waals surface area contributed by atoms with Crippen LogP contribution in [0.15, 0.2) is 24.3 Å². The van der Waals surface area contributed by atoms with Crippen molar-refractivity contribution in [2.75, 3.05) is 12.4 Å². The minimum atomic E-state index is -0.00731. The van der Waals surface area contributed by atoms with Crippen LogP contribution in [0.3, 0.4) is 0 Å². The van der Waals surface area contributed by atoms with Gasteiger partial charge < -0.3 is 15.8 Å². The van der Waals surface area contributed by atoms with E-state index in [-0.39, 0.29) is 17.9 Å². The van der Waals surface area contributed by atoms with Crippen LogP contribution in [0.25, 0.3) is 0 Å². The van der Waals surface area contributed by atoms with Gasteiger partial charge in [0, 0.05) is 11.7 Å². The molecule has 2 rings (SSSR count). The first kappa shape index (κ1) is 9.98. The number of carbonyl (C=O) groups is 1. The molecule has 4 nitrogen and oxygen atoms in total. The maximum Gasteiger partial charge on any atom is 0.229 e. The quantitative estimate of drug-likeness (QED) is 0.774. The molecular formula is C11H14N2O2. The summed E-state index contributed by atoms with van der Waals surface area (Å²) < 4.78 is 5.02. The van der Waals surface area contributed by atoms with Crippen molar-refractivity contribution in [2.45, 2.75) is 12.5 Å². The lowest BCUT2D eigenvalue weighted by Crippen LogP contribution is -2.18. The van der Waals surface area contributed by atoms with Gasteiger partial charge in [-0.2, -0.15) is 0 Å². The molecule has 0 radical (unpaired) electrons. The van der Waals surface area contributed by atoms with Crippen LogP contribution in [0.5, 0.6) is 5.75 Å². The van der Waals surface area contributed by atoms with Crippen molar-refractivity contribution in [3.8, 4) is 5.75 Å². The summed E-state index contributed by atoms with van der Waals surface area (Å²) >= 11 is 0. The van der Waals surface area contributed by atoms with Crippen LogP contribution >= 0.6 is 0 Å². The normalized spacial score (nSPS) is 23.3. The minimum Gasteiger partial charge on any atom is -0.497 e. The number of hydrogen-bond acceptors (Lipinski definition) is 3. The predicted molar refractivity (Wildman–Crippen MR) is 57.7 cm³/mol. The van der Waals surface area contributed by atoms with Gasteiger partial charge in [-0.1, -0.05) is 0 Å². The molecule has 1 saturated carbocycles. The van der Waals surface area contributed by atoms with Gasteiger partial charge in [-0.3, -0.25) is 4.79 Å². The molecule has 2 unspecified atom stereocenters. The molecule has 4 heteroatoms. The summed E-state index contributed by atoms with van der Waals surface area (Å²) in [6.07, 6.45) is 0.794.